The summed E-state index contributed by atoms with van der Waals surface area (Å²) in [5, 5.41) is 11.2. The van der Waals surface area contributed by atoms with Crippen LogP contribution in [0.25, 0.3) is 0 Å². The van der Waals surface area contributed by atoms with Gasteiger partial charge in [-0.25, -0.2) is 4.79 Å². The van der Waals surface area contributed by atoms with Gasteiger partial charge in [0.2, 0.25) is 12.7 Å². The summed E-state index contributed by atoms with van der Waals surface area (Å²) < 4.78 is 15.6. The number of hydrogen-bond donors (Lipinski definition) is 2. The van der Waals surface area contributed by atoms with Crippen LogP contribution in [0.2, 0.25) is 0 Å². The molecule has 0 saturated carbocycles. The molecule has 0 fully saturated rings. The maximum Gasteiger partial charge on any atom is 0.329 e. The average Bonchev–Trinajstić information content (AvgIpc) is 2.80. The average molecular weight is 267 g/mol. The minimum absolute atomic E-state index is 0.155. The Bertz CT molecular complexity index is 501. The molecule has 1 amide bonds. The molecule has 0 aliphatic carbocycles. The van der Waals surface area contributed by atoms with Crippen LogP contribution in [0.3, 0.4) is 0 Å². The maximum atomic E-state index is 10.9. The zero-order valence-corrected chi connectivity index (χ0v) is 10.2. The molecule has 19 heavy (non-hydrogen) atoms. The number of fused-ring (bicyclic) bond motifs is 1. The number of benzene rings is 1. The fraction of sp³-hybridized carbons (Fsp3) is 0.333. The Hall–Kier alpha value is -2.44. The van der Waals surface area contributed by atoms with E-state index in [4.69, 9.17) is 19.3 Å². The molecule has 0 saturated heterocycles. The SMILES string of the molecule is CC(=O)NC(COc1ccc2c(c1)OCO2)C(=O)O. The lowest BCUT2D eigenvalue weighted by Crippen LogP contribution is -2.43. The van der Waals surface area contributed by atoms with Gasteiger partial charge < -0.3 is 24.6 Å². The maximum absolute atomic E-state index is 10.9. The first-order valence-corrected chi connectivity index (χ1v) is 5.58. The van der Waals surface area contributed by atoms with Gasteiger partial charge in [0.25, 0.3) is 0 Å². The second-order valence-electron chi connectivity index (χ2n) is 3.92. The number of amides is 1. The Morgan fingerprint density at radius 3 is 2.84 bits per heavy atom. The predicted molar refractivity (Wildman–Crippen MR) is 63.3 cm³/mol. The molecule has 7 heteroatoms. The summed E-state index contributed by atoms with van der Waals surface area (Å²) in [6.45, 7) is 1.23. The third-order valence-corrected chi connectivity index (χ3v) is 2.44. The number of carbonyl (C=O) groups is 2. The number of ether oxygens (including phenoxy) is 3. The van der Waals surface area contributed by atoms with E-state index >= 15 is 0 Å². The van der Waals surface area contributed by atoms with Crippen LogP contribution < -0.4 is 19.5 Å². The first-order chi connectivity index (χ1) is 9.06. The van der Waals surface area contributed by atoms with Gasteiger partial charge in [-0.1, -0.05) is 0 Å². The lowest BCUT2D eigenvalue weighted by atomic mass is 10.3. The van der Waals surface area contributed by atoms with Crippen LogP contribution in [-0.2, 0) is 9.59 Å². The van der Waals surface area contributed by atoms with Crippen molar-refractivity contribution in [3.05, 3.63) is 18.2 Å². The third-order valence-electron chi connectivity index (χ3n) is 2.44. The Labute approximate surface area is 109 Å². The molecule has 102 valence electrons. The summed E-state index contributed by atoms with van der Waals surface area (Å²) in [6.07, 6.45) is 0. The van der Waals surface area contributed by atoms with E-state index in [1.807, 2.05) is 0 Å². The van der Waals surface area contributed by atoms with Crippen LogP contribution >= 0.6 is 0 Å². The van der Waals surface area contributed by atoms with E-state index in [2.05, 4.69) is 5.32 Å². The van der Waals surface area contributed by atoms with E-state index in [1.165, 1.54) is 6.92 Å². The number of carboxylic acids is 1. The third kappa shape index (κ3) is 3.27. The van der Waals surface area contributed by atoms with Gasteiger partial charge in [0.05, 0.1) is 0 Å². The molecule has 1 heterocycles. The Morgan fingerprint density at radius 2 is 2.16 bits per heavy atom. The molecule has 1 atom stereocenters. The lowest BCUT2D eigenvalue weighted by Gasteiger charge is -2.14. The van der Waals surface area contributed by atoms with Gasteiger partial charge in [0.15, 0.2) is 17.5 Å². The Kier molecular flexibility index (Phi) is 3.74. The van der Waals surface area contributed by atoms with Crippen molar-refractivity contribution < 1.29 is 28.9 Å². The molecule has 7 nitrogen and oxygen atoms in total. The molecule has 0 bridgehead atoms. The monoisotopic (exact) mass is 267 g/mol. The Morgan fingerprint density at radius 1 is 1.42 bits per heavy atom. The number of rotatable bonds is 5. The summed E-state index contributed by atoms with van der Waals surface area (Å²) in [7, 11) is 0. The van der Waals surface area contributed by atoms with E-state index in [1.54, 1.807) is 18.2 Å². The molecule has 0 spiro atoms. The fourth-order valence-corrected chi connectivity index (χ4v) is 1.57. The molecule has 1 aromatic rings. The first kappa shape index (κ1) is 13.0. The van der Waals surface area contributed by atoms with Crippen molar-refractivity contribution in [3.8, 4) is 17.2 Å². The summed E-state index contributed by atoms with van der Waals surface area (Å²) in [6, 6.07) is 3.82. The van der Waals surface area contributed by atoms with Gasteiger partial charge in [-0.05, 0) is 12.1 Å². The standard InChI is InChI=1S/C12H13NO6/c1-7(14)13-9(12(15)16)5-17-8-2-3-10-11(4-8)19-6-18-10/h2-4,9H,5-6H2,1H3,(H,13,14)(H,15,16). The highest BCUT2D eigenvalue weighted by molar-refractivity contribution is 5.82. The summed E-state index contributed by atoms with van der Waals surface area (Å²) in [5.74, 6) is 0.0198. The van der Waals surface area contributed by atoms with Crippen LogP contribution in [0, 0.1) is 0 Å². The van der Waals surface area contributed by atoms with E-state index in [0.29, 0.717) is 17.2 Å². The predicted octanol–water partition coefficient (Wildman–Crippen LogP) is 0.383. The molecular weight excluding hydrogens is 254 g/mol. The summed E-state index contributed by atoms with van der Waals surface area (Å²) in [4.78, 5) is 21.8. The van der Waals surface area contributed by atoms with Crippen molar-refractivity contribution in [2.24, 2.45) is 0 Å². The van der Waals surface area contributed by atoms with Gasteiger partial charge in [-0.15, -0.1) is 0 Å². The Balaban J connectivity index is 1.97. The zero-order chi connectivity index (χ0) is 13.8. The van der Waals surface area contributed by atoms with Gasteiger partial charge in [-0.3, -0.25) is 4.79 Å². The van der Waals surface area contributed by atoms with Crippen LogP contribution in [0.1, 0.15) is 6.92 Å². The molecule has 0 aromatic heterocycles. The smallest absolute Gasteiger partial charge is 0.329 e. The van der Waals surface area contributed by atoms with E-state index in [-0.39, 0.29) is 13.4 Å². The minimum atomic E-state index is -1.16. The zero-order valence-electron chi connectivity index (χ0n) is 10.2. The van der Waals surface area contributed by atoms with Crippen LogP contribution in [0.5, 0.6) is 17.2 Å². The highest BCUT2D eigenvalue weighted by atomic mass is 16.7. The van der Waals surface area contributed by atoms with Gasteiger partial charge in [0.1, 0.15) is 12.4 Å². The molecular formula is C12H13NO6. The van der Waals surface area contributed by atoms with Gasteiger partial charge in [-0.2, -0.15) is 0 Å². The quantitative estimate of drug-likeness (QED) is 0.801. The number of carboxylic acid groups (broad SMARTS) is 1. The molecule has 1 aliphatic rings. The highest BCUT2D eigenvalue weighted by Gasteiger charge is 2.20. The normalized spacial score (nSPS) is 13.7. The van der Waals surface area contributed by atoms with Gasteiger partial charge >= 0.3 is 5.97 Å². The largest absolute Gasteiger partial charge is 0.491 e. The van der Waals surface area contributed by atoms with E-state index in [9.17, 15) is 9.59 Å². The topological polar surface area (TPSA) is 94.1 Å². The van der Waals surface area contributed by atoms with Crippen LogP contribution in [-0.4, -0.2) is 36.4 Å². The molecule has 1 aliphatic heterocycles. The fourth-order valence-electron chi connectivity index (χ4n) is 1.57. The highest BCUT2D eigenvalue weighted by Crippen LogP contribution is 2.35. The molecule has 1 aromatic carbocycles. The van der Waals surface area contributed by atoms with Crippen LogP contribution in [0.4, 0.5) is 0 Å². The number of aliphatic carboxylic acids is 1. The summed E-state index contributed by atoms with van der Waals surface area (Å²) in [5.41, 5.74) is 0. The first-order valence-electron chi connectivity index (χ1n) is 5.58. The van der Waals surface area contributed by atoms with E-state index in [0.717, 1.165) is 0 Å². The second kappa shape index (κ2) is 5.47. The van der Waals surface area contributed by atoms with Crippen molar-refractivity contribution in [1.29, 1.82) is 0 Å². The lowest BCUT2D eigenvalue weighted by molar-refractivity contribution is -0.142. The van der Waals surface area contributed by atoms with Crippen molar-refractivity contribution in [2.75, 3.05) is 13.4 Å². The molecule has 1 unspecified atom stereocenters. The van der Waals surface area contributed by atoms with E-state index < -0.39 is 17.9 Å². The van der Waals surface area contributed by atoms with Crippen molar-refractivity contribution >= 4 is 11.9 Å². The van der Waals surface area contributed by atoms with Crippen molar-refractivity contribution in [3.63, 3.8) is 0 Å². The van der Waals surface area contributed by atoms with Crippen molar-refractivity contribution in [1.82, 2.24) is 5.32 Å². The molecule has 0 radical (unpaired) electrons. The van der Waals surface area contributed by atoms with Crippen molar-refractivity contribution in [2.45, 2.75) is 13.0 Å². The summed E-state index contributed by atoms with van der Waals surface area (Å²) >= 11 is 0. The molecule has 2 rings (SSSR count). The van der Waals surface area contributed by atoms with Gasteiger partial charge in [0, 0.05) is 13.0 Å². The number of carbonyl (C=O) groups excluding carboxylic acids is 1. The van der Waals surface area contributed by atoms with Crippen LogP contribution in [0.15, 0.2) is 18.2 Å². The number of hydrogen-bond acceptors (Lipinski definition) is 5. The minimum Gasteiger partial charge on any atom is -0.491 e. The number of nitrogens with one attached hydrogen (secondary N) is 1. The molecule has 2 N–H and O–H groups in total. The second-order valence-corrected chi connectivity index (χ2v) is 3.92.